The molecule has 0 aromatic carbocycles. The summed E-state index contributed by atoms with van der Waals surface area (Å²) in [6.07, 6.45) is 0. The number of Topliss-reactive ketones (excluding diaryl/α,β-unsaturated/α-hetero) is 1. The molecule has 0 aliphatic carbocycles. The quantitative estimate of drug-likeness (QED) is 0.726. The molecule has 3 nitrogen and oxygen atoms in total. The van der Waals surface area contributed by atoms with Gasteiger partial charge in [0.25, 0.3) is 0 Å². The van der Waals surface area contributed by atoms with E-state index < -0.39 is 9.84 Å². The van der Waals surface area contributed by atoms with E-state index in [4.69, 9.17) is 0 Å². The Kier molecular flexibility index (Phi) is 2.87. The fourth-order valence-electron chi connectivity index (χ4n) is 0.819. The number of hydrogen-bond donors (Lipinski definition) is 0. The number of thiophene rings is 1. The molecule has 0 saturated heterocycles. The summed E-state index contributed by atoms with van der Waals surface area (Å²) >= 11 is 1.03. The maximum atomic E-state index is 11.3. The smallest absolute Gasteiger partial charge is 0.187 e. The van der Waals surface area contributed by atoms with Gasteiger partial charge in [-0.3, -0.25) is 4.79 Å². The molecule has 0 bridgehead atoms. The normalized spacial score (nSPS) is 11.5. The lowest BCUT2D eigenvalue weighted by atomic mass is 10.4. The van der Waals surface area contributed by atoms with Crippen molar-refractivity contribution >= 4 is 27.0 Å². The van der Waals surface area contributed by atoms with Crippen LogP contribution in [0.1, 0.15) is 23.5 Å². The van der Waals surface area contributed by atoms with Crippen molar-refractivity contribution < 1.29 is 13.2 Å². The second kappa shape index (κ2) is 3.59. The summed E-state index contributed by atoms with van der Waals surface area (Å²) in [5, 5.41) is 0. The molecule has 5 heteroatoms. The van der Waals surface area contributed by atoms with Crippen molar-refractivity contribution in [3.63, 3.8) is 0 Å². The Morgan fingerprint density at radius 3 is 2.46 bits per heavy atom. The molecule has 0 spiro atoms. The first-order valence-electron chi connectivity index (χ1n) is 3.81. The molecule has 1 aromatic heterocycles. The van der Waals surface area contributed by atoms with Crippen LogP contribution in [0.3, 0.4) is 0 Å². The van der Waals surface area contributed by atoms with Crippen LogP contribution in [0.15, 0.2) is 16.3 Å². The van der Waals surface area contributed by atoms with Crippen molar-refractivity contribution in [3.8, 4) is 0 Å². The van der Waals surface area contributed by atoms with E-state index in [0.717, 1.165) is 11.3 Å². The maximum absolute atomic E-state index is 11.3. The van der Waals surface area contributed by atoms with E-state index in [1.807, 2.05) is 0 Å². The summed E-state index contributed by atoms with van der Waals surface area (Å²) in [6, 6.07) is 3.04. The lowest BCUT2D eigenvalue weighted by Crippen LogP contribution is -2.00. The third-order valence-corrected chi connectivity index (χ3v) is 5.12. The molecule has 1 aromatic rings. The minimum absolute atomic E-state index is 0.0743. The molecule has 0 radical (unpaired) electrons. The minimum Gasteiger partial charge on any atom is -0.294 e. The van der Waals surface area contributed by atoms with E-state index in [9.17, 15) is 13.2 Å². The van der Waals surface area contributed by atoms with Gasteiger partial charge in [-0.1, -0.05) is 6.92 Å². The Morgan fingerprint density at radius 2 is 2.08 bits per heavy atom. The Morgan fingerprint density at radius 1 is 1.46 bits per heavy atom. The first-order valence-corrected chi connectivity index (χ1v) is 6.28. The zero-order valence-corrected chi connectivity index (χ0v) is 9.04. The van der Waals surface area contributed by atoms with Crippen LogP contribution in [0.2, 0.25) is 0 Å². The van der Waals surface area contributed by atoms with Crippen LogP contribution >= 0.6 is 11.3 Å². The summed E-state index contributed by atoms with van der Waals surface area (Å²) < 4.78 is 22.9. The Hall–Kier alpha value is -0.680. The zero-order chi connectivity index (χ0) is 10.1. The topological polar surface area (TPSA) is 51.2 Å². The molecule has 0 unspecified atom stereocenters. The highest BCUT2D eigenvalue weighted by molar-refractivity contribution is 7.93. The molecule has 0 amide bonds. The maximum Gasteiger partial charge on any atom is 0.187 e. The van der Waals surface area contributed by atoms with E-state index >= 15 is 0 Å². The number of carbonyl (C=O) groups is 1. The lowest BCUT2D eigenvalue weighted by molar-refractivity contribution is 0.102. The summed E-state index contributed by atoms with van der Waals surface area (Å²) in [5.74, 6) is -0.0206. The van der Waals surface area contributed by atoms with Crippen LogP contribution in [-0.4, -0.2) is 20.0 Å². The van der Waals surface area contributed by atoms with Gasteiger partial charge in [-0.15, -0.1) is 11.3 Å². The molecular formula is C8H10O3S2. The Labute approximate surface area is 81.3 Å². The highest BCUT2D eigenvalue weighted by Gasteiger charge is 2.15. The third kappa shape index (κ3) is 2.16. The molecule has 72 valence electrons. The SMILES string of the molecule is CCS(=O)(=O)c1ccc(C(C)=O)s1. The number of hydrogen-bond acceptors (Lipinski definition) is 4. The van der Waals surface area contributed by atoms with Gasteiger partial charge in [0.15, 0.2) is 15.6 Å². The average Bonchev–Trinajstić information content (AvgIpc) is 2.52. The Bertz CT molecular complexity index is 414. The van der Waals surface area contributed by atoms with E-state index in [-0.39, 0.29) is 15.7 Å². The van der Waals surface area contributed by atoms with Crippen molar-refractivity contribution in [3.05, 3.63) is 17.0 Å². The van der Waals surface area contributed by atoms with Crippen LogP contribution in [-0.2, 0) is 9.84 Å². The molecule has 0 aliphatic heterocycles. The van der Waals surface area contributed by atoms with E-state index in [1.54, 1.807) is 13.0 Å². The van der Waals surface area contributed by atoms with Crippen LogP contribution < -0.4 is 0 Å². The molecule has 0 aliphatic rings. The Balaban J connectivity index is 3.13. The largest absolute Gasteiger partial charge is 0.294 e. The minimum atomic E-state index is -3.14. The van der Waals surface area contributed by atoms with Crippen molar-refractivity contribution in [2.75, 3.05) is 5.75 Å². The van der Waals surface area contributed by atoms with Crippen LogP contribution in [0.25, 0.3) is 0 Å². The van der Waals surface area contributed by atoms with Gasteiger partial charge in [0, 0.05) is 0 Å². The van der Waals surface area contributed by atoms with Crippen molar-refractivity contribution in [1.29, 1.82) is 0 Å². The zero-order valence-electron chi connectivity index (χ0n) is 7.40. The van der Waals surface area contributed by atoms with Gasteiger partial charge in [0.05, 0.1) is 10.6 Å². The standard InChI is InChI=1S/C8H10O3S2/c1-3-13(10,11)8-5-4-7(12-8)6(2)9/h4-5H,3H2,1-2H3. The van der Waals surface area contributed by atoms with Gasteiger partial charge >= 0.3 is 0 Å². The molecule has 13 heavy (non-hydrogen) atoms. The van der Waals surface area contributed by atoms with Gasteiger partial charge in [-0.05, 0) is 19.1 Å². The molecular weight excluding hydrogens is 208 g/mol. The van der Waals surface area contributed by atoms with Crippen LogP contribution in [0.5, 0.6) is 0 Å². The molecule has 1 heterocycles. The fraction of sp³-hybridized carbons (Fsp3) is 0.375. The van der Waals surface area contributed by atoms with Crippen molar-refractivity contribution in [1.82, 2.24) is 0 Å². The van der Waals surface area contributed by atoms with Crippen LogP contribution in [0.4, 0.5) is 0 Å². The van der Waals surface area contributed by atoms with Crippen molar-refractivity contribution in [2.24, 2.45) is 0 Å². The summed E-state index contributed by atoms with van der Waals surface area (Å²) in [5.41, 5.74) is 0. The van der Waals surface area contributed by atoms with E-state index in [1.165, 1.54) is 13.0 Å². The average molecular weight is 218 g/mol. The first kappa shape index (κ1) is 10.4. The van der Waals surface area contributed by atoms with Crippen molar-refractivity contribution in [2.45, 2.75) is 18.1 Å². The highest BCUT2D eigenvalue weighted by atomic mass is 32.2. The second-order valence-electron chi connectivity index (χ2n) is 2.58. The predicted octanol–water partition coefficient (Wildman–Crippen LogP) is 1.74. The number of carbonyl (C=O) groups excluding carboxylic acids is 1. The van der Waals surface area contributed by atoms with Gasteiger partial charge < -0.3 is 0 Å². The summed E-state index contributed by atoms with van der Waals surface area (Å²) in [6.45, 7) is 3.01. The van der Waals surface area contributed by atoms with E-state index in [0.29, 0.717) is 4.88 Å². The third-order valence-electron chi connectivity index (χ3n) is 1.61. The van der Waals surface area contributed by atoms with Gasteiger partial charge in [-0.2, -0.15) is 0 Å². The summed E-state index contributed by atoms with van der Waals surface area (Å²) in [7, 11) is -3.14. The predicted molar refractivity (Wildman–Crippen MR) is 52.1 cm³/mol. The highest BCUT2D eigenvalue weighted by Crippen LogP contribution is 2.22. The molecule has 0 N–H and O–H groups in total. The van der Waals surface area contributed by atoms with Crippen LogP contribution in [0, 0.1) is 0 Å². The summed E-state index contributed by atoms with van der Waals surface area (Å²) in [4.78, 5) is 11.4. The first-order chi connectivity index (χ1) is 5.97. The van der Waals surface area contributed by atoms with E-state index in [2.05, 4.69) is 0 Å². The molecule has 1 rings (SSSR count). The molecule has 0 fully saturated rings. The number of rotatable bonds is 3. The van der Waals surface area contributed by atoms with Gasteiger partial charge in [0.2, 0.25) is 0 Å². The van der Waals surface area contributed by atoms with Gasteiger partial charge in [-0.25, -0.2) is 8.42 Å². The number of sulfone groups is 1. The fourth-order valence-corrected chi connectivity index (χ4v) is 3.14. The number of ketones is 1. The van der Waals surface area contributed by atoms with Gasteiger partial charge in [0.1, 0.15) is 4.21 Å². The monoisotopic (exact) mass is 218 g/mol. The second-order valence-corrected chi connectivity index (χ2v) is 6.17. The molecule has 0 saturated carbocycles. The lowest BCUT2D eigenvalue weighted by Gasteiger charge is -1.93. The molecule has 0 atom stereocenters.